The Kier molecular flexibility index (Phi) is 6.14. The van der Waals surface area contributed by atoms with Crippen LogP contribution < -0.4 is 10.6 Å². The molecule has 3 amide bonds. The van der Waals surface area contributed by atoms with Crippen LogP contribution in [0.4, 0.5) is 9.59 Å². The number of rotatable bonds is 3. The fourth-order valence-corrected chi connectivity index (χ4v) is 3.08. The molecule has 120 valence electrons. The molecule has 0 aromatic heterocycles. The number of piperidine rings is 1. The van der Waals surface area contributed by atoms with Crippen LogP contribution in [0.5, 0.6) is 0 Å². The average molecular weight is 297 g/mol. The largest absolute Gasteiger partial charge is 0.450 e. The monoisotopic (exact) mass is 297 g/mol. The van der Waals surface area contributed by atoms with Crippen molar-refractivity contribution in [1.82, 2.24) is 15.5 Å². The van der Waals surface area contributed by atoms with Crippen LogP contribution in [0.2, 0.25) is 0 Å². The summed E-state index contributed by atoms with van der Waals surface area (Å²) in [4.78, 5) is 25.4. The number of carbonyl (C=O) groups excluding carboxylic acids is 2. The quantitative estimate of drug-likeness (QED) is 0.839. The van der Waals surface area contributed by atoms with Gasteiger partial charge < -0.3 is 20.3 Å². The first-order valence-corrected chi connectivity index (χ1v) is 8.17. The number of likely N-dealkylation sites (tertiary alicyclic amines) is 1. The molecular weight excluding hydrogens is 270 g/mol. The Labute approximate surface area is 126 Å². The fraction of sp³-hybridized carbons (Fsp3) is 0.867. The zero-order valence-electron chi connectivity index (χ0n) is 12.9. The SMILES string of the molecule is CCOC(=O)NC1CCN(C(=O)NC2CCCCC2)CC1. The number of ether oxygens (including phenoxy) is 1. The minimum Gasteiger partial charge on any atom is -0.450 e. The average Bonchev–Trinajstić information content (AvgIpc) is 2.49. The highest BCUT2D eigenvalue weighted by molar-refractivity contribution is 5.74. The van der Waals surface area contributed by atoms with Gasteiger partial charge in [0.25, 0.3) is 0 Å². The molecule has 1 aliphatic carbocycles. The normalized spacial score (nSPS) is 20.9. The highest BCUT2D eigenvalue weighted by Gasteiger charge is 2.25. The summed E-state index contributed by atoms with van der Waals surface area (Å²) in [6.45, 7) is 3.55. The molecule has 1 saturated carbocycles. The standard InChI is InChI=1S/C15H27N3O3/c1-2-21-15(20)17-13-8-10-18(11-9-13)14(19)16-12-6-4-3-5-7-12/h12-13H,2-11H2,1H3,(H,16,19)(H,17,20). The molecule has 2 aliphatic rings. The summed E-state index contributed by atoms with van der Waals surface area (Å²) < 4.78 is 4.88. The van der Waals surface area contributed by atoms with Crippen molar-refractivity contribution in [3.63, 3.8) is 0 Å². The van der Waals surface area contributed by atoms with Crippen LogP contribution in [-0.4, -0.2) is 48.8 Å². The van der Waals surface area contributed by atoms with Gasteiger partial charge in [-0.05, 0) is 32.6 Å². The van der Waals surface area contributed by atoms with Crippen molar-refractivity contribution in [2.45, 2.75) is 64.0 Å². The maximum absolute atomic E-state index is 12.2. The van der Waals surface area contributed by atoms with E-state index in [4.69, 9.17) is 4.74 Å². The number of urea groups is 1. The lowest BCUT2D eigenvalue weighted by atomic mass is 9.95. The van der Waals surface area contributed by atoms with Gasteiger partial charge in [0.05, 0.1) is 6.61 Å². The Morgan fingerprint density at radius 1 is 1.00 bits per heavy atom. The van der Waals surface area contributed by atoms with Gasteiger partial charge >= 0.3 is 12.1 Å². The molecule has 0 atom stereocenters. The van der Waals surface area contributed by atoms with Gasteiger partial charge in [0.15, 0.2) is 0 Å². The van der Waals surface area contributed by atoms with Crippen molar-refractivity contribution in [3.8, 4) is 0 Å². The topological polar surface area (TPSA) is 70.7 Å². The molecule has 0 bridgehead atoms. The van der Waals surface area contributed by atoms with Gasteiger partial charge in [-0.25, -0.2) is 9.59 Å². The Hall–Kier alpha value is -1.46. The van der Waals surface area contributed by atoms with Gasteiger partial charge in [-0.3, -0.25) is 0 Å². The lowest BCUT2D eigenvalue weighted by Gasteiger charge is -2.34. The predicted molar refractivity (Wildman–Crippen MR) is 80.2 cm³/mol. The summed E-state index contributed by atoms with van der Waals surface area (Å²) >= 11 is 0. The predicted octanol–water partition coefficient (Wildman–Crippen LogP) is 2.24. The van der Waals surface area contributed by atoms with Gasteiger partial charge in [0, 0.05) is 25.2 Å². The van der Waals surface area contributed by atoms with E-state index in [9.17, 15) is 9.59 Å². The molecule has 0 aromatic carbocycles. The molecule has 0 aromatic rings. The van der Waals surface area contributed by atoms with Crippen molar-refractivity contribution in [1.29, 1.82) is 0 Å². The zero-order valence-corrected chi connectivity index (χ0v) is 12.9. The van der Waals surface area contributed by atoms with E-state index in [1.807, 2.05) is 4.90 Å². The molecule has 2 N–H and O–H groups in total. The third kappa shape index (κ3) is 5.10. The van der Waals surface area contributed by atoms with Crippen LogP contribution in [-0.2, 0) is 4.74 Å². The third-order valence-corrected chi connectivity index (χ3v) is 4.31. The Morgan fingerprint density at radius 2 is 1.62 bits per heavy atom. The van der Waals surface area contributed by atoms with Crippen LogP contribution in [0.15, 0.2) is 0 Å². The highest BCUT2D eigenvalue weighted by Crippen LogP contribution is 2.18. The molecule has 21 heavy (non-hydrogen) atoms. The van der Waals surface area contributed by atoms with Crippen molar-refractivity contribution >= 4 is 12.1 Å². The molecule has 1 aliphatic heterocycles. The van der Waals surface area contributed by atoms with Gasteiger partial charge in [-0.2, -0.15) is 0 Å². The second-order valence-corrected chi connectivity index (χ2v) is 5.91. The number of alkyl carbamates (subject to hydrolysis) is 1. The molecular formula is C15H27N3O3. The molecule has 0 spiro atoms. The Morgan fingerprint density at radius 3 is 2.24 bits per heavy atom. The van der Waals surface area contributed by atoms with Crippen LogP contribution >= 0.6 is 0 Å². The maximum Gasteiger partial charge on any atom is 0.407 e. The van der Waals surface area contributed by atoms with Crippen LogP contribution in [0, 0.1) is 0 Å². The number of nitrogens with zero attached hydrogens (tertiary/aromatic N) is 1. The first-order valence-electron chi connectivity index (χ1n) is 8.17. The maximum atomic E-state index is 12.2. The lowest BCUT2D eigenvalue weighted by Crippen LogP contribution is -2.51. The molecule has 2 rings (SSSR count). The molecule has 1 saturated heterocycles. The third-order valence-electron chi connectivity index (χ3n) is 4.31. The molecule has 6 nitrogen and oxygen atoms in total. The highest BCUT2D eigenvalue weighted by atomic mass is 16.5. The summed E-state index contributed by atoms with van der Waals surface area (Å²) in [5.74, 6) is 0. The van der Waals surface area contributed by atoms with Gasteiger partial charge in [0.1, 0.15) is 0 Å². The van der Waals surface area contributed by atoms with E-state index in [0.29, 0.717) is 25.7 Å². The second-order valence-electron chi connectivity index (χ2n) is 5.91. The number of nitrogens with one attached hydrogen (secondary N) is 2. The summed E-state index contributed by atoms with van der Waals surface area (Å²) in [6, 6.07) is 0.515. The number of hydrogen-bond donors (Lipinski definition) is 2. The van der Waals surface area contributed by atoms with E-state index < -0.39 is 0 Å². The van der Waals surface area contributed by atoms with Gasteiger partial charge in [0.2, 0.25) is 0 Å². The van der Waals surface area contributed by atoms with Crippen molar-refractivity contribution < 1.29 is 14.3 Å². The first-order chi connectivity index (χ1) is 10.2. The minimum absolute atomic E-state index is 0.0523. The number of hydrogen-bond acceptors (Lipinski definition) is 3. The van der Waals surface area contributed by atoms with Gasteiger partial charge in [-0.15, -0.1) is 0 Å². The van der Waals surface area contributed by atoms with E-state index in [1.54, 1.807) is 6.92 Å². The van der Waals surface area contributed by atoms with E-state index in [-0.39, 0.29) is 18.2 Å². The first kappa shape index (κ1) is 15.9. The second kappa shape index (κ2) is 8.10. The summed E-state index contributed by atoms with van der Waals surface area (Å²) in [5, 5.41) is 5.98. The number of amides is 3. The minimum atomic E-state index is -0.359. The Bertz CT molecular complexity index is 348. The lowest BCUT2D eigenvalue weighted by molar-refractivity contribution is 0.138. The smallest absolute Gasteiger partial charge is 0.407 e. The van der Waals surface area contributed by atoms with Crippen LogP contribution in [0.25, 0.3) is 0 Å². The molecule has 1 heterocycles. The van der Waals surface area contributed by atoms with E-state index >= 15 is 0 Å². The van der Waals surface area contributed by atoms with Crippen molar-refractivity contribution in [3.05, 3.63) is 0 Å². The summed E-state index contributed by atoms with van der Waals surface area (Å²) in [6.07, 6.45) is 7.15. The molecule has 6 heteroatoms. The summed E-state index contributed by atoms with van der Waals surface area (Å²) in [7, 11) is 0. The van der Waals surface area contributed by atoms with Crippen LogP contribution in [0.3, 0.4) is 0 Å². The van der Waals surface area contributed by atoms with Crippen molar-refractivity contribution in [2.24, 2.45) is 0 Å². The van der Waals surface area contributed by atoms with Gasteiger partial charge in [-0.1, -0.05) is 19.3 Å². The Balaban J connectivity index is 1.67. The number of carbonyl (C=O) groups is 2. The molecule has 0 radical (unpaired) electrons. The van der Waals surface area contributed by atoms with Crippen LogP contribution in [0.1, 0.15) is 51.9 Å². The van der Waals surface area contributed by atoms with E-state index in [2.05, 4.69) is 10.6 Å². The van der Waals surface area contributed by atoms with E-state index in [1.165, 1.54) is 19.3 Å². The molecule has 0 unspecified atom stereocenters. The van der Waals surface area contributed by atoms with E-state index in [0.717, 1.165) is 25.7 Å². The summed E-state index contributed by atoms with van der Waals surface area (Å²) in [5.41, 5.74) is 0. The van der Waals surface area contributed by atoms with Crippen molar-refractivity contribution in [2.75, 3.05) is 19.7 Å². The zero-order chi connectivity index (χ0) is 15.1. The fourth-order valence-electron chi connectivity index (χ4n) is 3.08. The molecule has 2 fully saturated rings.